The van der Waals surface area contributed by atoms with E-state index in [-0.39, 0.29) is 12.3 Å². The molecule has 0 aliphatic heterocycles. The smallest absolute Gasteiger partial charge is 0.323 e. The third kappa shape index (κ3) is 2.66. The van der Waals surface area contributed by atoms with Crippen LogP contribution < -0.4 is 4.90 Å². The first-order valence-corrected chi connectivity index (χ1v) is 3.81. The van der Waals surface area contributed by atoms with E-state index >= 15 is 0 Å². The Morgan fingerprint density at radius 3 is 2.77 bits per heavy atom. The Hall–Kier alpha value is -1.71. The summed E-state index contributed by atoms with van der Waals surface area (Å²) < 4.78 is 0. The Kier molecular flexibility index (Phi) is 2.74. The number of hydrogen-bond acceptors (Lipinski definition) is 3. The van der Waals surface area contributed by atoms with Gasteiger partial charge in [-0.15, -0.1) is 0 Å². The van der Waals surface area contributed by atoms with Gasteiger partial charge in [-0.05, 0) is 12.1 Å². The molecule has 4 heteroatoms. The summed E-state index contributed by atoms with van der Waals surface area (Å²) in [6.45, 7) is -0.0799. The summed E-state index contributed by atoms with van der Waals surface area (Å²) >= 11 is 0. The van der Waals surface area contributed by atoms with Crippen molar-refractivity contribution in [2.24, 2.45) is 0 Å². The molecule has 0 fully saturated rings. The number of nitrogens with zero attached hydrogens (tertiary/aromatic N) is 1. The van der Waals surface area contributed by atoms with Crippen LogP contribution in [0.1, 0.15) is 0 Å². The molecule has 1 aromatic carbocycles. The van der Waals surface area contributed by atoms with Gasteiger partial charge in [-0.3, -0.25) is 4.79 Å². The molecule has 0 radical (unpaired) electrons. The minimum Gasteiger partial charge on any atom is -0.508 e. The number of aliphatic carboxylic acids is 1. The van der Waals surface area contributed by atoms with Gasteiger partial charge in [0.2, 0.25) is 0 Å². The number of hydrogen-bond donors (Lipinski definition) is 2. The van der Waals surface area contributed by atoms with Gasteiger partial charge >= 0.3 is 5.97 Å². The molecule has 0 saturated carbocycles. The number of rotatable bonds is 3. The molecule has 0 bridgehead atoms. The first-order valence-electron chi connectivity index (χ1n) is 3.81. The Morgan fingerprint density at radius 2 is 2.23 bits per heavy atom. The van der Waals surface area contributed by atoms with Crippen molar-refractivity contribution in [1.82, 2.24) is 0 Å². The molecule has 1 rings (SSSR count). The maximum absolute atomic E-state index is 10.4. The third-order valence-corrected chi connectivity index (χ3v) is 1.64. The first kappa shape index (κ1) is 9.38. The van der Waals surface area contributed by atoms with Gasteiger partial charge in [0.25, 0.3) is 0 Å². The minimum absolute atomic E-state index is 0.0799. The number of phenolic OH excluding ortho intramolecular Hbond substituents is 1. The second-order valence-electron chi connectivity index (χ2n) is 2.77. The van der Waals surface area contributed by atoms with E-state index in [1.807, 2.05) is 0 Å². The average molecular weight is 181 g/mol. The zero-order valence-electron chi connectivity index (χ0n) is 7.27. The molecular formula is C9H11NO3. The molecule has 0 atom stereocenters. The normalized spacial score (nSPS) is 9.62. The fraction of sp³-hybridized carbons (Fsp3) is 0.222. The van der Waals surface area contributed by atoms with E-state index in [1.54, 1.807) is 24.1 Å². The maximum atomic E-state index is 10.4. The molecular weight excluding hydrogens is 170 g/mol. The molecule has 13 heavy (non-hydrogen) atoms. The Morgan fingerprint density at radius 1 is 1.54 bits per heavy atom. The molecule has 0 unspecified atom stereocenters. The number of phenols is 1. The van der Waals surface area contributed by atoms with E-state index in [0.717, 1.165) is 0 Å². The van der Waals surface area contributed by atoms with Gasteiger partial charge in [0.05, 0.1) is 0 Å². The highest BCUT2D eigenvalue weighted by Crippen LogP contribution is 2.18. The summed E-state index contributed by atoms with van der Waals surface area (Å²) in [4.78, 5) is 11.9. The fourth-order valence-corrected chi connectivity index (χ4v) is 1.02. The van der Waals surface area contributed by atoms with E-state index in [1.165, 1.54) is 12.1 Å². The molecule has 0 saturated heterocycles. The SMILES string of the molecule is CN(CC(=O)O)c1cccc(O)c1. The lowest BCUT2D eigenvalue weighted by Gasteiger charge is -2.16. The van der Waals surface area contributed by atoms with Crippen LogP contribution in [0.3, 0.4) is 0 Å². The van der Waals surface area contributed by atoms with Crippen molar-refractivity contribution in [3.8, 4) is 5.75 Å². The first-order chi connectivity index (χ1) is 6.09. The van der Waals surface area contributed by atoms with Crippen molar-refractivity contribution in [2.75, 3.05) is 18.5 Å². The van der Waals surface area contributed by atoms with Gasteiger partial charge in [-0.1, -0.05) is 6.07 Å². The minimum atomic E-state index is -0.897. The third-order valence-electron chi connectivity index (χ3n) is 1.64. The van der Waals surface area contributed by atoms with Gasteiger partial charge in [0, 0.05) is 18.8 Å². The van der Waals surface area contributed by atoms with Crippen molar-refractivity contribution in [2.45, 2.75) is 0 Å². The molecule has 4 nitrogen and oxygen atoms in total. The van der Waals surface area contributed by atoms with Crippen LogP contribution in [0, 0.1) is 0 Å². The largest absolute Gasteiger partial charge is 0.508 e. The topological polar surface area (TPSA) is 60.8 Å². The predicted molar refractivity (Wildman–Crippen MR) is 49.0 cm³/mol. The number of carboxylic acid groups (broad SMARTS) is 1. The Balaban J connectivity index is 2.76. The Bertz CT molecular complexity index is 311. The maximum Gasteiger partial charge on any atom is 0.323 e. The highest BCUT2D eigenvalue weighted by Gasteiger charge is 2.05. The number of benzene rings is 1. The standard InChI is InChI=1S/C9H11NO3/c1-10(6-9(12)13)7-3-2-4-8(11)5-7/h2-5,11H,6H2,1H3,(H,12,13). The van der Waals surface area contributed by atoms with E-state index in [9.17, 15) is 4.79 Å². The van der Waals surface area contributed by atoms with Crippen LogP contribution in [-0.2, 0) is 4.79 Å². The van der Waals surface area contributed by atoms with Crippen molar-refractivity contribution >= 4 is 11.7 Å². The van der Waals surface area contributed by atoms with Gasteiger partial charge in [-0.25, -0.2) is 0 Å². The lowest BCUT2D eigenvalue weighted by atomic mass is 10.3. The molecule has 0 aliphatic carbocycles. The monoisotopic (exact) mass is 181 g/mol. The molecule has 70 valence electrons. The molecule has 0 amide bonds. The number of likely N-dealkylation sites (N-methyl/N-ethyl adjacent to an activating group) is 1. The van der Waals surface area contributed by atoms with E-state index in [2.05, 4.69) is 0 Å². The summed E-state index contributed by atoms with van der Waals surface area (Å²) in [5.41, 5.74) is 0.683. The van der Waals surface area contributed by atoms with Crippen LogP contribution >= 0.6 is 0 Å². The highest BCUT2D eigenvalue weighted by molar-refractivity contribution is 5.73. The van der Waals surface area contributed by atoms with Gasteiger partial charge in [0.1, 0.15) is 12.3 Å². The van der Waals surface area contributed by atoms with Gasteiger partial charge in [-0.2, -0.15) is 0 Å². The quantitative estimate of drug-likeness (QED) is 0.727. The van der Waals surface area contributed by atoms with Crippen LogP contribution in [0.4, 0.5) is 5.69 Å². The molecule has 0 spiro atoms. The highest BCUT2D eigenvalue weighted by atomic mass is 16.4. The van der Waals surface area contributed by atoms with Crippen molar-refractivity contribution in [3.05, 3.63) is 24.3 Å². The van der Waals surface area contributed by atoms with Gasteiger partial charge in [0.15, 0.2) is 0 Å². The van der Waals surface area contributed by atoms with Crippen LogP contribution in [0.5, 0.6) is 5.75 Å². The second-order valence-corrected chi connectivity index (χ2v) is 2.77. The molecule has 0 aliphatic rings. The molecule has 2 N–H and O–H groups in total. The van der Waals surface area contributed by atoms with Crippen LogP contribution in [0.2, 0.25) is 0 Å². The summed E-state index contributed by atoms with van der Waals surface area (Å²) in [6.07, 6.45) is 0. The van der Waals surface area contributed by atoms with E-state index in [0.29, 0.717) is 5.69 Å². The van der Waals surface area contributed by atoms with Crippen LogP contribution in [-0.4, -0.2) is 29.8 Å². The summed E-state index contributed by atoms with van der Waals surface area (Å²) in [6, 6.07) is 6.47. The average Bonchev–Trinajstić information content (AvgIpc) is 2.03. The zero-order valence-corrected chi connectivity index (χ0v) is 7.27. The van der Waals surface area contributed by atoms with E-state index in [4.69, 9.17) is 10.2 Å². The van der Waals surface area contributed by atoms with Crippen molar-refractivity contribution < 1.29 is 15.0 Å². The molecule has 0 aromatic heterocycles. The lowest BCUT2D eigenvalue weighted by Crippen LogP contribution is -2.24. The van der Waals surface area contributed by atoms with Crippen LogP contribution in [0.25, 0.3) is 0 Å². The zero-order chi connectivity index (χ0) is 9.84. The van der Waals surface area contributed by atoms with Gasteiger partial charge < -0.3 is 15.1 Å². The summed E-state index contributed by atoms with van der Waals surface area (Å²) in [5.74, 6) is -0.763. The Labute approximate surface area is 76.0 Å². The van der Waals surface area contributed by atoms with Crippen molar-refractivity contribution in [3.63, 3.8) is 0 Å². The number of carboxylic acids is 1. The summed E-state index contributed by atoms with van der Waals surface area (Å²) in [7, 11) is 1.66. The fourth-order valence-electron chi connectivity index (χ4n) is 1.02. The van der Waals surface area contributed by atoms with E-state index < -0.39 is 5.97 Å². The second kappa shape index (κ2) is 3.80. The lowest BCUT2D eigenvalue weighted by molar-refractivity contribution is -0.135. The summed E-state index contributed by atoms with van der Waals surface area (Å²) in [5, 5.41) is 17.6. The predicted octanol–water partition coefficient (Wildman–Crippen LogP) is 0.913. The molecule has 0 heterocycles. The van der Waals surface area contributed by atoms with Crippen LogP contribution in [0.15, 0.2) is 24.3 Å². The van der Waals surface area contributed by atoms with Crippen molar-refractivity contribution in [1.29, 1.82) is 0 Å². The molecule has 1 aromatic rings. The number of anilines is 1. The number of carbonyl (C=O) groups is 1. The number of aromatic hydroxyl groups is 1.